The van der Waals surface area contributed by atoms with Crippen molar-refractivity contribution >= 4 is 11.6 Å². The molecule has 0 fully saturated rings. The van der Waals surface area contributed by atoms with E-state index < -0.39 is 18.6 Å². The van der Waals surface area contributed by atoms with Crippen molar-refractivity contribution in [1.29, 1.82) is 0 Å². The Balaban J connectivity index is 1.98. The van der Waals surface area contributed by atoms with Gasteiger partial charge < -0.3 is 10.6 Å². The van der Waals surface area contributed by atoms with Gasteiger partial charge >= 0.3 is 6.18 Å². The van der Waals surface area contributed by atoms with Crippen LogP contribution in [0.5, 0.6) is 0 Å². The zero-order valence-electron chi connectivity index (χ0n) is 13.4. The summed E-state index contributed by atoms with van der Waals surface area (Å²) >= 11 is 0. The van der Waals surface area contributed by atoms with Crippen LogP contribution in [0.3, 0.4) is 0 Å². The molecule has 1 atom stereocenters. The summed E-state index contributed by atoms with van der Waals surface area (Å²) in [5.41, 5.74) is 1.82. The summed E-state index contributed by atoms with van der Waals surface area (Å²) in [7, 11) is 3.42. The van der Waals surface area contributed by atoms with Gasteiger partial charge in [-0.3, -0.25) is 9.48 Å². The quantitative estimate of drug-likeness (QED) is 0.850. The third-order valence-corrected chi connectivity index (χ3v) is 3.53. The number of nitrogens with one attached hydrogen (secondary N) is 2. The molecule has 1 aromatic heterocycles. The molecule has 0 spiro atoms. The van der Waals surface area contributed by atoms with Gasteiger partial charge in [0.05, 0.1) is 6.20 Å². The van der Waals surface area contributed by atoms with Crippen molar-refractivity contribution in [2.24, 2.45) is 7.05 Å². The monoisotopic (exact) mass is 340 g/mol. The third-order valence-electron chi connectivity index (χ3n) is 3.53. The maximum atomic E-state index is 12.3. The second-order valence-electron chi connectivity index (χ2n) is 5.47. The molecule has 1 unspecified atom stereocenters. The minimum Gasteiger partial charge on any atom is -0.324 e. The van der Waals surface area contributed by atoms with Gasteiger partial charge in [0.2, 0.25) is 5.91 Å². The minimum atomic E-state index is -4.17. The lowest BCUT2D eigenvalue weighted by atomic mass is 10.1. The van der Waals surface area contributed by atoms with E-state index in [0.29, 0.717) is 11.3 Å². The van der Waals surface area contributed by atoms with Gasteiger partial charge in [0.1, 0.15) is 6.04 Å². The van der Waals surface area contributed by atoms with Crippen molar-refractivity contribution in [3.05, 3.63) is 47.8 Å². The molecule has 0 aliphatic carbocycles. The number of likely N-dealkylation sites (N-methyl/N-ethyl adjacent to an activating group) is 1. The van der Waals surface area contributed by atoms with Crippen LogP contribution >= 0.6 is 0 Å². The van der Waals surface area contributed by atoms with Crippen molar-refractivity contribution < 1.29 is 18.0 Å². The predicted molar refractivity (Wildman–Crippen MR) is 84.5 cm³/mol. The number of carbonyl (C=O) groups is 1. The van der Waals surface area contributed by atoms with Gasteiger partial charge in [-0.15, -0.1) is 0 Å². The van der Waals surface area contributed by atoms with Crippen LogP contribution in [0.4, 0.5) is 18.9 Å². The maximum absolute atomic E-state index is 12.3. The lowest BCUT2D eigenvalue weighted by Crippen LogP contribution is -2.30. The number of hydrogen-bond donors (Lipinski definition) is 2. The van der Waals surface area contributed by atoms with E-state index in [2.05, 4.69) is 15.7 Å². The van der Waals surface area contributed by atoms with Gasteiger partial charge in [-0.1, -0.05) is 12.1 Å². The Morgan fingerprint density at radius 2 is 1.96 bits per heavy atom. The van der Waals surface area contributed by atoms with Crippen molar-refractivity contribution in [1.82, 2.24) is 15.1 Å². The number of halogens is 3. The average molecular weight is 340 g/mol. The molecule has 1 aromatic carbocycles. The number of aromatic nitrogens is 2. The first-order chi connectivity index (χ1) is 11.3. The zero-order chi connectivity index (χ0) is 17.7. The van der Waals surface area contributed by atoms with E-state index in [9.17, 15) is 18.0 Å². The summed E-state index contributed by atoms with van der Waals surface area (Å²) < 4.78 is 38.2. The van der Waals surface area contributed by atoms with E-state index >= 15 is 0 Å². The number of aryl methyl sites for hydroxylation is 2. The number of rotatable bonds is 6. The number of carbonyl (C=O) groups excluding carboxylic acids is 1. The van der Waals surface area contributed by atoms with Crippen LogP contribution in [0.15, 0.2) is 36.7 Å². The SMILES string of the molecule is CNC(C(=O)Nc1ccc(CCC(F)(F)F)cc1)c1cnn(C)c1. The molecule has 0 radical (unpaired) electrons. The number of amides is 1. The molecule has 130 valence electrons. The Morgan fingerprint density at radius 3 is 2.46 bits per heavy atom. The topological polar surface area (TPSA) is 59.0 Å². The van der Waals surface area contributed by atoms with Crippen LogP contribution in [-0.4, -0.2) is 28.9 Å². The minimum absolute atomic E-state index is 0.0768. The van der Waals surface area contributed by atoms with Gasteiger partial charge in [0.15, 0.2) is 0 Å². The summed E-state index contributed by atoms with van der Waals surface area (Å²) in [6.45, 7) is 0. The van der Waals surface area contributed by atoms with E-state index in [1.54, 1.807) is 55.4 Å². The van der Waals surface area contributed by atoms with E-state index in [1.165, 1.54) is 0 Å². The second kappa shape index (κ2) is 7.48. The smallest absolute Gasteiger partial charge is 0.324 e. The molecule has 0 bridgehead atoms. The zero-order valence-corrected chi connectivity index (χ0v) is 13.4. The summed E-state index contributed by atoms with van der Waals surface area (Å²) in [4.78, 5) is 12.3. The molecule has 2 aromatic rings. The molecule has 0 aliphatic rings. The maximum Gasteiger partial charge on any atom is 0.389 e. The molecular weight excluding hydrogens is 321 g/mol. The standard InChI is InChI=1S/C16H19F3N4O/c1-20-14(12-9-21-23(2)10-12)15(24)22-13-5-3-11(4-6-13)7-8-16(17,18)19/h3-6,9-10,14,20H,7-8H2,1-2H3,(H,22,24). The number of hydrogen-bond acceptors (Lipinski definition) is 3. The molecule has 0 saturated heterocycles. The molecule has 2 N–H and O–H groups in total. The van der Waals surface area contributed by atoms with Crippen LogP contribution in [0.2, 0.25) is 0 Å². The average Bonchev–Trinajstić information content (AvgIpc) is 2.93. The fourth-order valence-corrected chi connectivity index (χ4v) is 2.29. The fraction of sp³-hybridized carbons (Fsp3) is 0.375. The van der Waals surface area contributed by atoms with Crippen molar-refractivity contribution in [3.63, 3.8) is 0 Å². The van der Waals surface area contributed by atoms with Gasteiger partial charge in [-0.2, -0.15) is 18.3 Å². The predicted octanol–water partition coefficient (Wildman–Crippen LogP) is 2.81. The lowest BCUT2D eigenvalue weighted by Gasteiger charge is -2.15. The van der Waals surface area contributed by atoms with Crippen LogP contribution in [0.1, 0.15) is 23.6 Å². The van der Waals surface area contributed by atoms with Crippen LogP contribution in [0.25, 0.3) is 0 Å². The third kappa shape index (κ3) is 5.09. The Kier molecular flexibility index (Phi) is 5.61. The van der Waals surface area contributed by atoms with E-state index in [0.717, 1.165) is 5.56 Å². The molecule has 0 saturated carbocycles. The van der Waals surface area contributed by atoms with Crippen LogP contribution in [-0.2, 0) is 18.3 Å². The molecule has 2 rings (SSSR count). The van der Waals surface area contributed by atoms with Crippen molar-refractivity contribution in [3.8, 4) is 0 Å². The molecule has 8 heteroatoms. The van der Waals surface area contributed by atoms with Crippen molar-refractivity contribution in [2.45, 2.75) is 25.1 Å². The van der Waals surface area contributed by atoms with Gasteiger partial charge in [0, 0.05) is 30.9 Å². The van der Waals surface area contributed by atoms with Gasteiger partial charge in [0.25, 0.3) is 0 Å². The highest BCUT2D eigenvalue weighted by Crippen LogP contribution is 2.23. The van der Waals surface area contributed by atoms with E-state index in [-0.39, 0.29) is 12.3 Å². The summed E-state index contributed by atoms with van der Waals surface area (Å²) in [6, 6.07) is 5.79. The van der Waals surface area contributed by atoms with E-state index in [1.807, 2.05) is 0 Å². The molecular formula is C16H19F3N4O. The lowest BCUT2D eigenvalue weighted by molar-refractivity contribution is -0.134. The molecule has 5 nitrogen and oxygen atoms in total. The summed E-state index contributed by atoms with van der Waals surface area (Å²) in [6.07, 6.45) is -1.77. The van der Waals surface area contributed by atoms with Crippen LogP contribution in [0, 0.1) is 0 Å². The highest BCUT2D eigenvalue weighted by molar-refractivity contribution is 5.95. The summed E-state index contributed by atoms with van der Waals surface area (Å²) in [5.74, 6) is -0.270. The Labute approximate surface area is 137 Å². The molecule has 0 aliphatic heterocycles. The molecule has 1 amide bonds. The highest BCUT2D eigenvalue weighted by atomic mass is 19.4. The first-order valence-electron chi connectivity index (χ1n) is 7.41. The Hall–Kier alpha value is -2.35. The molecule has 1 heterocycles. The fourth-order valence-electron chi connectivity index (χ4n) is 2.29. The second-order valence-corrected chi connectivity index (χ2v) is 5.47. The van der Waals surface area contributed by atoms with Crippen LogP contribution < -0.4 is 10.6 Å². The number of nitrogens with zero attached hydrogens (tertiary/aromatic N) is 2. The normalized spacial score (nSPS) is 12.9. The van der Waals surface area contributed by atoms with E-state index in [4.69, 9.17) is 0 Å². The number of anilines is 1. The summed E-state index contributed by atoms with van der Waals surface area (Å²) in [5, 5.41) is 9.68. The first-order valence-corrected chi connectivity index (χ1v) is 7.41. The largest absolute Gasteiger partial charge is 0.389 e. The molecule has 24 heavy (non-hydrogen) atoms. The van der Waals surface area contributed by atoms with Crippen molar-refractivity contribution in [2.75, 3.05) is 12.4 Å². The first kappa shape index (κ1) is 18.0. The Morgan fingerprint density at radius 1 is 1.29 bits per heavy atom. The van der Waals surface area contributed by atoms with Gasteiger partial charge in [-0.05, 0) is 31.2 Å². The van der Waals surface area contributed by atoms with Gasteiger partial charge in [-0.25, -0.2) is 0 Å². The number of benzene rings is 1. The number of alkyl halides is 3. The highest BCUT2D eigenvalue weighted by Gasteiger charge is 2.26. The Bertz CT molecular complexity index is 679.